The molecule has 18 heavy (non-hydrogen) atoms. The second-order valence-electron chi connectivity index (χ2n) is 3.87. The van der Waals surface area contributed by atoms with E-state index in [1.165, 1.54) is 4.88 Å². The fraction of sp³-hybridized carbons (Fsp3) is 0.455. The first-order valence-electron chi connectivity index (χ1n) is 5.59. The van der Waals surface area contributed by atoms with Gasteiger partial charge in [-0.25, -0.2) is 0 Å². The Balaban J connectivity index is 0.00000120. The molecule has 3 heterocycles. The molecule has 0 amide bonds. The molecule has 7 heteroatoms. The third-order valence-electron chi connectivity index (χ3n) is 2.60. The number of morpholine rings is 1. The van der Waals surface area contributed by atoms with E-state index in [1.807, 2.05) is 11.4 Å². The summed E-state index contributed by atoms with van der Waals surface area (Å²) < 4.78 is 10.8. The fourth-order valence-electron chi connectivity index (χ4n) is 1.76. The van der Waals surface area contributed by atoms with Crippen molar-refractivity contribution < 1.29 is 9.26 Å². The minimum absolute atomic E-state index is 0. The van der Waals surface area contributed by atoms with E-state index in [2.05, 4.69) is 21.5 Å². The van der Waals surface area contributed by atoms with Gasteiger partial charge in [0.15, 0.2) is 5.82 Å². The topological polar surface area (TPSA) is 60.2 Å². The summed E-state index contributed by atoms with van der Waals surface area (Å²) in [6.07, 6.45) is 0.620. The second-order valence-corrected chi connectivity index (χ2v) is 4.90. The molecular weight excluding hydrogens is 274 g/mol. The summed E-state index contributed by atoms with van der Waals surface area (Å²) >= 11 is 1.70. The molecule has 1 N–H and O–H groups in total. The first kappa shape index (κ1) is 13.5. The quantitative estimate of drug-likeness (QED) is 0.933. The van der Waals surface area contributed by atoms with Crippen LogP contribution in [0.15, 0.2) is 22.0 Å². The molecule has 98 valence electrons. The molecule has 0 spiro atoms. The third kappa shape index (κ3) is 3.08. The van der Waals surface area contributed by atoms with Gasteiger partial charge < -0.3 is 14.6 Å². The molecule has 0 saturated carbocycles. The van der Waals surface area contributed by atoms with Gasteiger partial charge in [-0.15, -0.1) is 23.7 Å². The molecule has 0 aromatic carbocycles. The zero-order valence-corrected chi connectivity index (χ0v) is 11.3. The summed E-state index contributed by atoms with van der Waals surface area (Å²) in [7, 11) is 0. The number of aromatic nitrogens is 2. The highest BCUT2D eigenvalue weighted by atomic mass is 35.5. The van der Waals surface area contributed by atoms with Crippen LogP contribution in [0.2, 0.25) is 0 Å². The summed E-state index contributed by atoms with van der Waals surface area (Å²) in [5.74, 6) is 1.29. The van der Waals surface area contributed by atoms with Crippen LogP contribution in [0.4, 0.5) is 0 Å². The molecule has 0 unspecified atom stereocenters. The van der Waals surface area contributed by atoms with E-state index in [1.54, 1.807) is 11.3 Å². The van der Waals surface area contributed by atoms with Crippen LogP contribution in [-0.2, 0) is 11.2 Å². The highest BCUT2D eigenvalue weighted by molar-refractivity contribution is 7.09. The van der Waals surface area contributed by atoms with Crippen molar-refractivity contribution in [3.63, 3.8) is 0 Å². The molecule has 1 aliphatic heterocycles. The molecule has 2 aromatic heterocycles. The van der Waals surface area contributed by atoms with Crippen molar-refractivity contribution in [3.8, 4) is 0 Å². The van der Waals surface area contributed by atoms with Crippen LogP contribution in [-0.4, -0.2) is 29.8 Å². The number of nitrogens with zero attached hydrogens (tertiary/aromatic N) is 2. The maximum Gasteiger partial charge on any atom is 0.257 e. The van der Waals surface area contributed by atoms with Crippen LogP contribution in [0.1, 0.15) is 22.7 Å². The monoisotopic (exact) mass is 287 g/mol. The minimum Gasteiger partial charge on any atom is -0.366 e. The summed E-state index contributed by atoms with van der Waals surface area (Å²) in [5, 5.41) is 9.26. The van der Waals surface area contributed by atoms with Gasteiger partial charge in [0.25, 0.3) is 5.89 Å². The average molecular weight is 288 g/mol. The number of rotatable bonds is 3. The van der Waals surface area contributed by atoms with Crippen molar-refractivity contribution in [2.45, 2.75) is 12.5 Å². The number of halogens is 1. The summed E-state index contributed by atoms with van der Waals surface area (Å²) in [4.78, 5) is 5.61. The lowest BCUT2D eigenvalue weighted by Crippen LogP contribution is -2.33. The first-order valence-corrected chi connectivity index (χ1v) is 6.47. The summed E-state index contributed by atoms with van der Waals surface area (Å²) in [6.45, 7) is 2.31. The predicted molar refractivity (Wildman–Crippen MR) is 70.2 cm³/mol. The first-order chi connectivity index (χ1) is 8.42. The van der Waals surface area contributed by atoms with Crippen LogP contribution in [0.5, 0.6) is 0 Å². The van der Waals surface area contributed by atoms with Gasteiger partial charge in [-0.2, -0.15) is 4.98 Å². The Hall–Kier alpha value is -0.950. The molecule has 0 bridgehead atoms. The smallest absolute Gasteiger partial charge is 0.257 e. The molecule has 1 saturated heterocycles. The van der Waals surface area contributed by atoms with Gasteiger partial charge in [-0.05, 0) is 11.4 Å². The molecule has 2 aromatic rings. The maximum atomic E-state index is 5.56. The van der Waals surface area contributed by atoms with E-state index >= 15 is 0 Å². The number of hydrogen-bond acceptors (Lipinski definition) is 6. The molecular formula is C11H14ClN3O2S. The van der Waals surface area contributed by atoms with Gasteiger partial charge in [0.2, 0.25) is 0 Å². The van der Waals surface area contributed by atoms with Crippen LogP contribution in [0, 0.1) is 0 Å². The van der Waals surface area contributed by atoms with Crippen LogP contribution in [0.3, 0.4) is 0 Å². The van der Waals surface area contributed by atoms with E-state index in [9.17, 15) is 0 Å². The minimum atomic E-state index is -0.103. The van der Waals surface area contributed by atoms with Crippen molar-refractivity contribution in [1.82, 2.24) is 15.5 Å². The lowest BCUT2D eigenvalue weighted by Gasteiger charge is -2.19. The molecule has 0 aliphatic carbocycles. The standard InChI is InChI=1S/C11H13N3O2S.ClH/c1-2-8(17-5-1)6-10-13-11(16-14-10)9-7-12-3-4-15-9;/h1-2,5,9,12H,3-4,6-7H2;1H/t9-;/m1./s1. The van der Waals surface area contributed by atoms with E-state index in [0.717, 1.165) is 25.3 Å². The molecule has 1 fully saturated rings. The third-order valence-corrected chi connectivity index (χ3v) is 3.48. The lowest BCUT2D eigenvalue weighted by molar-refractivity contribution is 0.00755. The van der Waals surface area contributed by atoms with Crippen molar-refractivity contribution in [1.29, 1.82) is 0 Å². The largest absolute Gasteiger partial charge is 0.366 e. The van der Waals surface area contributed by atoms with Gasteiger partial charge in [-0.1, -0.05) is 11.2 Å². The SMILES string of the molecule is Cl.c1csc(Cc2noc([C@H]3CNCCO3)n2)c1. The summed E-state index contributed by atoms with van der Waals surface area (Å²) in [6, 6.07) is 4.09. The Morgan fingerprint density at radius 1 is 1.50 bits per heavy atom. The maximum absolute atomic E-state index is 5.56. The molecule has 3 rings (SSSR count). The van der Waals surface area contributed by atoms with Crippen LogP contribution < -0.4 is 5.32 Å². The average Bonchev–Trinajstić information content (AvgIpc) is 3.02. The van der Waals surface area contributed by atoms with E-state index < -0.39 is 0 Å². The van der Waals surface area contributed by atoms with E-state index in [-0.39, 0.29) is 18.5 Å². The Bertz CT molecular complexity index is 468. The van der Waals surface area contributed by atoms with Crippen molar-refractivity contribution >= 4 is 23.7 Å². The van der Waals surface area contributed by atoms with E-state index in [0.29, 0.717) is 12.5 Å². The predicted octanol–water partition coefficient (Wildman–Crippen LogP) is 1.80. The summed E-state index contributed by atoms with van der Waals surface area (Å²) in [5.41, 5.74) is 0. The zero-order valence-electron chi connectivity index (χ0n) is 9.67. The number of ether oxygens (including phenoxy) is 1. The number of hydrogen-bond donors (Lipinski definition) is 1. The Morgan fingerprint density at radius 3 is 3.17 bits per heavy atom. The molecule has 5 nitrogen and oxygen atoms in total. The van der Waals surface area contributed by atoms with Gasteiger partial charge in [0.05, 0.1) is 6.61 Å². The Morgan fingerprint density at radius 2 is 2.44 bits per heavy atom. The zero-order chi connectivity index (χ0) is 11.5. The van der Waals surface area contributed by atoms with Crippen molar-refractivity contribution in [2.24, 2.45) is 0 Å². The van der Waals surface area contributed by atoms with Gasteiger partial charge in [0, 0.05) is 24.4 Å². The second kappa shape index (κ2) is 6.29. The highest BCUT2D eigenvalue weighted by Crippen LogP contribution is 2.18. The fourth-order valence-corrected chi connectivity index (χ4v) is 2.46. The molecule has 1 aliphatic rings. The van der Waals surface area contributed by atoms with Gasteiger partial charge >= 0.3 is 0 Å². The molecule has 0 radical (unpaired) electrons. The number of nitrogens with one attached hydrogen (secondary N) is 1. The van der Waals surface area contributed by atoms with Crippen LogP contribution >= 0.6 is 23.7 Å². The van der Waals surface area contributed by atoms with Gasteiger partial charge in [0.1, 0.15) is 6.10 Å². The highest BCUT2D eigenvalue weighted by Gasteiger charge is 2.22. The lowest BCUT2D eigenvalue weighted by atomic mass is 10.3. The molecule has 1 atom stereocenters. The van der Waals surface area contributed by atoms with Crippen molar-refractivity contribution in [3.05, 3.63) is 34.1 Å². The van der Waals surface area contributed by atoms with E-state index in [4.69, 9.17) is 9.26 Å². The Kier molecular flexibility index (Phi) is 4.71. The normalized spacial score (nSPS) is 19.4. The Labute approximate surface area is 115 Å². The van der Waals surface area contributed by atoms with Crippen LogP contribution in [0.25, 0.3) is 0 Å². The number of thiophene rings is 1. The van der Waals surface area contributed by atoms with Gasteiger partial charge in [-0.3, -0.25) is 0 Å². The van der Waals surface area contributed by atoms with Crippen molar-refractivity contribution in [2.75, 3.05) is 19.7 Å².